The summed E-state index contributed by atoms with van der Waals surface area (Å²) in [5.41, 5.74) is 4.00. The van der Waals surface area contributed by atoms with Crippen molar-refractivity contribution in [2.24, 2.45) is 7.05 Å². The second kappa shape index (κ2) is 6.29. The van der Waals surface area contributed by atoms with E-state index in [9.17, 15) is 4.79 Å². The summed E-state index contributed by atoms with van der Waals surface area (Å²) in [6.45, 7) is 1.50. The molecule has 1 unspecified atom stereocenters. The van der Waals surface area contributed by atoms with Gasteiger partial charge in [-0.15, -0.1) is 0 Å². The predicted octanol–water partition coefficient (Wildman–Crippen LogP) is 2.93. The lowest BCUT2D eigenvalue weighted by molar-refractivity contribution is 0.0603. The molecule has 128 valence electrons. The number of nitrogens with zero attached hydrogens (tertiary/aromatic N) is 3. The molecule has 1 aliphatic heterocycles. The van der Waals surface area contributed by atoms with Crippen molar-refractivity contribution in [1.29, 1.82) is 0 Å². The van der Waals surface area contributed by atoms with Gasteiger partial charge in [-0.2, -0.15) is 0 Å². The van der Waals surface area contributed by atoms with Gasteiger partial charge in [0.2, 0.25) is 0 Å². The Kier molecular flexibility index (Phi) is 3.97. The molecule has 0 bridgehead atoms. The second-order valence-corrected chi connectivity index (χ2v) is 6.27. The van der Waals surface area contributed by atoms with Crippen LogP contribution in [-0.4, -0.2) is 40.8 Å². The smallest absolute Gasteiger partial charge is 0.338 e. The van der Waals surface area contributed by atoms with Crippen molar-refractivity contribution in [3.63, 3.8) is 0 Å². The van der Waals surface area contributed by atoms with Crippen molar-refractivity contribution in [3.8, 4) is 11.4 Å². The molecule has 3 aromatic rings. The molecule has 1 fully saturated rings. The number of carbonyl (C=O) groups is 1. The quantitative estimate of drug-likeness (QED) is 0.688. The number of esters is 1. The number of fused-ring (bicyclic) bond motifs is 1. The summed E-state index contributed by atoms with van der Waals surface area (Å²) in [7, 11) is 3.29. The van der Waals surface area contributed by atoms with Gasteiger partial charge >= 0.3 is 5.97 Å². The van der Waals surface area contributed by atoms with E-state index in [4.69, 9.17) is 14.5 Å². The molecule has 0 saturated carbocycles. The number of ether oxygens (including phenoxy) is 2. The van der Waals surface area contributed by atoms with Gasteiger partial charge in [-0.3, -0.25) is 0 Å². The van der Waals surface area contributed by atoms with E-state index in [2.05, 4.69) is 11.1 Å². The Labute approximate surface area is 145 Å². The Bertz CT molecular complexity index is 942. The van der Waals surface area contributed by atoms with Gasteiger partial charge in [0, 0.05) is 25.0 Å². The first-order chi connectivity index (χ1) is 12.2. The fourth-order valence-corrected chi connectivity index (χ4v) is 3.31. The average Bonchev–Trinajstić information content (AvgIpc) is 3.31. The normalized spacial score (nSPS) is 17.1. The Morgan fingerprint density at radius 2 is 2.24 bits per heavy atom. The van der Waals surface area contributed by atoms with Crippen LogP contribution in [0.2, 0.25) is 0 Å². The summed E-state index contributed by atoms with van der Waals surface area (Å²) in [4.78, 5) is 21.2. The molecule has 6 nitrogen and oxygen atoms in total. The first-order valence-corrected chi connectivity index (χ1v) is 8.25. The minimum Gasteiger partial charge on any atom is -0.465 e. The highest BCUT2D eigenvalue weighted by Crippen LogP contribution is 2.31. The highest BCUT2D eigenvalue weighted by atomic mass is 16.5. The number of carbonyl (C=O) groups excluding carboxylic acids is 1. The van der Waals surface area contributed by atoms with Gasteiger partial charge in [-0.1, -0.05) is 6.07 Å². The van der Waals surface area contributed by atoms with Crippen LogP contribution in [0, 0.1) is 0 Å². The minimum atomic E-state index is -0.365. The number of hydrogen-bond donors (Lipinski definition) is 0. The number of aryl methyl sites for hydroxylation is 1. The SMILES string of the molecule is COC(=O)c1cc(-c2cncn2C)nc2ccc(C3CCOC3)cc12. The maximum Gasteiger partial charge on any atom is 0.338 e. The number of pyridine rings is 1. The predicted molar refractivity (Wildman–Crippen MR) is 93.5 cm³/mol. The third-order valence-corrected chi connectivity index (χ3v) is 4.72. The molecule has 0 N–H and O–H groups in total. The Morgan fingerprint density at radius 3 is 2.92 bits per heavy atom. The molecular weight excluding hydrogens is 318 g/mol. The largest absolute Gasteiger partial charge is 0.465 e. The van der Waals surface area contributed by atoms with Crippen LogP contribution in [0.15, 0.2) is 36.8 Å². The van der Waals surface area contributed by atoms with Crippen molar-refractivity contribution < 1.29 is 14.3 Å². The zero-order chi connectivity index (χ0) is 17.4. The van der Waals surface area contributed by atoms with E-state index in [1.807, 2.05) is 23.7 Å². The number of hydrogen-bond acceptors (Lipinski definition) is 5. The number of imidazole rings is 1. The Hall–Kier alpha value is -2.73. The van der Waals surface area contributed by atoms with E-state index in [1.54, 1.807) is 18.6 Å². The minimum absolute atomic E-state index is 0.365. The van der Waals surface area contributed by atoms with Gasteiger partial charge in [-0.05, 0) is 30.2 Å². The van der Waals surface area contributed by atoms with E-state index < -0.39 is 0 Å². The first kappa shape index (κ1) is 15.8. The molecule has 1 saturated heterocycles. The standard InChI is InChI=1S/C19H19N3O3/c1-22-11-20-9-18(22)17-8-15(19(23)24-2)14-7-12(3-4-16(14)21-17)13-5-6-25-10-13/h3-4,7-9,11,13H,5-6,10H2,1-2H3. The fraction of sp³-hybridized carbons (Fsp3) is 0.316. The number of aromatic nitrogens is 3. The second-order valence-electron chi connectivity index (χ2n) is 6.27. The lowest BCUT2D eigenvalue weighted by Gasteiger charge is -2.12. The molecule has 6 heteroatoms. The van der Waals surface area contributed by atoms with E-state index in [1.165, 1.54) is 12.7 Å². The van der Waals surface area contributed by atoms with Crippen molar-refractivity contribution in [2.45, 2.75) is 12.3 Å². The fourth-order valence-electron chi connectivity index (χ4n) is 3.31. The molecular formula is C19H19N3O3. The monoisotopic (exact) mass is 337 g/mol. The number of benzene rings is 1. The molecule has 0 spiro atoms. The molecule has 1 aliphatic rings. The Morgan fingerprint density at radius 1 is 1.36 bits per heavy atom. The van der Waals surface area contributed by atoms with Crippen LogP contribution >= 0.6 is 0 Å². The van der Waals surface area contributed by atoms with Gasteiger partial charge in [0.25, 0.3) is 0 Å². The van der Waals surface area contributed by atoms with E-state index in [0.717, 1.165) is 36.2 Å². The molecule has 1 aromatic carbocycles. The van der Waals surface area contributed by atoms with Crippen molar-refractivity contribution in [1.82, 2.24) is 14.5 Å². The maximum absolute atomic E-state index is 12.4. The van der Waals surface area contributed by atoms with Crippen LogP contribution < -0.4 is 0 Å². The Balaban J connectivity index is 1.90. The topological polar surface area (TPSA) is 66.2 Å². The summed E-state index contributed by atoms with van der Waals surface area (Å²) >= 11 is 0. The summed E-state index contributed by atoms with van der Waals surface area (Å²) in [5.74, 6) is 0.00212. The molecule has 0 radical (unpaired) electrons. The third kappa shape index (κ3) is 2.78. The lowest BCUT2D eigenvalue weighted by Crippen LogP contribution is -2.06. The van der Waals surface area contributed by atoms with Gasteiger partial charge < -0.3 is 14.0 Å². The summed E-state index contributed by atoms with van der Waals surface area (Å²) in [6.07, 6.45) is 4.45. The van der Waals surface area contributed by atoms with Gasteiger partial charge in [0.05, 0.1) is 48.7 Å². The molecule has 1 atom stereocenters. The van der Waals surface area contributed by atoms with Crippen molar-refractivity contribution in [3.05, 3.63) is 47.9 Å². The van der Waals surface area contributed by atoms with E-state index in [-0.39, 0.29) is 5.97 Å². The molecule has 2 aromatic heterocycles. The average molecular weight is 337 g/mol. The lowest BCUT2D eigenvalue weighted by atomic mass is 9.95. The zero-order valence-electron chi connectivity index (χ0n) is 14.2. The third-order valence-electron chi connectivity index (χ3n) is 4.72. The summed E-state index contributed by atoms with van der Waals surface area (Å²) in [5, 5.41) is 0.808. The molecule has 0 aliphatic carbocycles. The van der Waals surface area contributed by atoms with Gasteiger partial charge in [0.1, 0.15) is 0 Å². The molecule has 4 rings (SSSR count). The molecule has 3 heterocycles. The van der Waals surface area contributed by atoms with Crippen LogP contribution in [0.1, 0.15) is 28.3 Å². The molecule has 0 amide bonds. The van der Waals surface area contributed by atoms with Crippen LogP contribution in [-0.2, 0) is 16.5 Å². The highest BCUT2D eigenvalue weighted by Gasteiger charge is 2.21. The number of rotatable bonds is 3. The maximum atomic E-state index is 12.4. The number of methoxy groups -OCH3 is 1. The van der Waals surface area contributed by atoms with Crippen LogP contribution in [0.4, 0.5) is 0 Å². The summed E-state index contributed by atoms with van der Waals surface area (Å²) < 4.78 is 12.4. The van der Waals surface area contributed by atoms with Gasteiger partial charge in [-0.25, -0.2) is 14.8 Å². The highest BCUT2D eigenvalue weighted by molar-refractivity contribution is 6.04. The first-order valence-electron chi connectivity index (χ1n) is 8.25. The van der Waals surface area contributed by atoms with Crippen molar-refractivity contribution in [2.75, 3.05) is 20.3 Å². The van der Waals surface area contributed by atoms with Crippen LogP contribution in [0.3, 0.4) is 0 Å². The van der Waals surface area contributed by atoms with Crippen LogP contribution in [0.25, 0.3) is 22.3 Å². The van der Waals surface area contributed by atoms with E-state index in [0.29, 0.717) is 17.2 Å². The zero-order valence-corrected chi connectivity index (χ0v) is 14.2. The molecule has 25 heavy (non-hydrogen) atoms. The van der Waals surface area contributed by atoms with Gasteiger partial charge in [0.15, 0.2) is 0 Å². The van der Waals surface area contributed by atoms with E-state index >= 15 is 0 Å². The van der Waals surface area contributed by atoms with Crippen LogP contribution in [0.5, 0.6) is 0 Å². The summed E-state index contributed by atoms with van der Waals surface area (Å²) in [6, 6.07) is 7.86. The van der Waals surface area contributed by atoms with Crippen molar-refractivity contribution >= 4 is 16.9 Å².